The molecular weight excluding hydrogens is 406 g/mol. The Morgan fingerprint density at radius 3 is 2.16 bits per heavy atom. The average molecular weight is 433 g/mol. The van der Waals surface area contributed by atoms with Gasteiger partial charge in [0.25, 0.3) is 0 Å². The average Bonchev–Trinajstić information content (AvgIpc) is 3.45. The van der Waals surface area contributed by atoms with Gasteiger partial charge in [0.1, 0.15) is 17.7 Å². The van der Waals surface area contributed by atoms with Crippen molar-refractivity contribution in [2.75, 3.05) is 14.1 Å². The third-order valence-electron chi connectivity index (χ3n) is 5.41. The number of phenols is 1. The number of hydrogen-bond acceptors (Lipinski definition) is 5. The Hall–Kier alpha value is -2.86. The number of nitrogens with zero attached hydrogens (tertiary/aromatic N) is 1. The lowest BCUT2D eigenvalue weighted by Gasteiger charge is -2.25. The third kappa shape index (κ3) is 5.07. The molecule has 3 aromatic carbocycles. The molecule has 1 heterocycles. The summed E-state index contributed by atoms with van der Waals surface area (Å²) in [5, 5.41) is 23.1. The molecular formula is C26H26NO3S-. The van der Waals surface area contributed by atoms with Crippen molar-refractivity contribution in [3.05, 3.63) is 94.4 Å². The van der Waals surface area contributed by atoms with E-state index in [9.17, 15) is 10.2 Å². The Kier molecular flexibility index (Phi) is 6.28. The van der Waals surface area contributed by atoms with Crippen LogP contribution in [0.5, 0.6) is 11.5 Å². The molecule has 1 aromatic heterocycles. The van der Waals surface area contributed by atoms with Crippen LogP contribution in [-0.4, -0.2) is 30.3 Å². The van der Waals surface area contributed by atoms with Crippen molar-refractivity contribution in [2.45, 2.75) is 25.7 Å². The topological polar surface area (TPSA) is 55.8 Å². The molecule has 2 atom stereocenters. The van der Waals surface area contributed by atoms with E-state index in [0.29, 0.717) is 11.1 Å². The molecule has 0 aliphatic heterocycles. The summed E-state index contributed by atoms with van der Waals surface area (Å²) in [6.07, 6.45) is 0.267. The molecule has 1 N–H and O–H groups in total. The van der Waals surface area contributed by atoms with E-state index in [1.54, 1.807) is 46.8 Å². The Balaban J connectivity index is 0.000000188. The predicted octanol–water partition coefficient (Wildman–Crippen LogP) is 4.93. The summed E-state index contributed by atoms with van der Waals surface area (Å²) in [4.78, 5) is 3.56. The smallest absolute Gasteiger partial charge is 0.149 e. The van der Waals surface area contributed by atoms with Crippen molar-refractivity contribution < 1.29 is 14.9 Å². The fourth-order valence-corrected chi connectivity index (χ4v) is 4.43. The summed E-state index contributed by atoms with van der Waals surface area (Å²) >= 11 is 1.94. The van der Waals surface area contributed by atoms with Gasteiger partial charge in [0.15, 0.2) is 0 Å². The monoisotopic (exact) mass is 432 g/mol. The maximum absolute atomic E-state index is 12.4. The summed E-state index contributed by atoms with van der Waals surface area (Å²) in [6, 6.07) is 22.2. The molecule has 160 valence electrons. The largest absolute Gasteiger partial charge is 0.845 e. The van der Waals surface area contributed by atoms with Crippen molar-refractivity contribution in [1.29, 1.82) is 0 Å². The maximum atomic E-state index is 12.4. The maximum Gasteiger partial charge on any atom is 0.149 e. The molecule has 0 bridgehead atoms. The van der Waals surface area contributed by atoms with Crippen LogP contribution in [0.1, 0.15) is 34.6 Å². The minimum absolute atomic E-state index is 0.0315. The number of ether oxygens (including phenoxy) is 1. The second-order valence-corrected chi connectivity index (χ2v) is 9.03. The molecule has 0 amide bonds. The van der Waals surface area contributed by atoms with Gasteiger partial charge in [0, 0.05) is 16.0 Å². The number of thiophene rings is 1. The van der Waals surface area contributed by atoms with Gasteiger partial charge in [-0.25, -0.2) is 0 Å². The Morgan fingerprint density at radius 2 is 1.55 bits per heavy atom. The molecule has 31 heavy (non-hydrogen) atoms. The van der Waals surface area contributed by atoms with E-state index in [-0.39, 0.29) is 12.0 Å². The minimum Gasteiger partial charge on any atom is -0.845 e. The second-order valence-electron chi connectivity index (χ2n) is 7.90. The highest BCUT2D eigenvalue weighted by atomic mass is 32.1. The molecule has 0 saturated carbocycles. The zero-order valence-corrected chi connectivity index (χ0v) is 18.7. The van der Waals surface area contributed by atoms with Gasteiger partial charge in [-0.05, 0) is 62.3 Å². The molecule has 1 aliphatic rings. The van der Waals surface area contributed by atoms with Gasteiger partial charge in [-0.2, -0.15) is 0 Å². The first kappa shape index (κ1) is 21.4. The molecule has 0 radical (unpaired) electrons. The van der Waals surface area contributed by atoms with Gasteiger partial charge >= 0.3 is 0 Å². The number of benzene rings is 3. The van der Waals surface area contributed by atoms with E-state index < -0.39 is 6.10 Å². The first-order chi connectivity index (χ1) is 14.9. The van der Waals surface area contributed by atoms with Gasteiger partial charge in [-0.1, -0.05) is 59.7 Å². The molecule has 0 spiro atoms. The van der Waals surface area contributed by atoms with Crippen LogP contribution in [0.3, 0.4) is 0 Å². The van der Waals surface area contributed by atoms with Gasteiger partial charge in [-0.3, -0.25) is 4.90 Å². The van der Waals surface area contributed by atoms with Gasteiger partial charge in [-0.15, -0.1) is 11.3 Å². The summed E-state index contributed by atoms with van der Waals surface area (Å²) in [6.45, 7) is 1.96. The predicted molar refractivity (Wildman–Crippen MR) is 125 cm³/mol. The molecule has 5 heteroatoms. The van der Waals surface area contributed by atoms with E-state index in [4.69, 9.17) is 4.74 Å². The van der Waals surface area contributed by atoms with Crippen LogP contribution >= 0.6 is 11.3 Å². The lowest BCUT2D eigenvalue weighted by molar-refractivity contribution is -0.411. The molecule has 4 aromatic rings. The third-order valence-corrected chi connectivity index (χ3v) is 6.62. The lowest BCUT2D eigenvalue weighted by Crippen LogP contribution is -2.30. The first-order valence-electron chi connectivity index (χ1n) is 10.3. The van der Waals surface area contributed by atoms with Crippen molar-refractivity contribution in [1.82, 2.24) is 4.90 Å². The quantitative estimate of drug-likeness (QED) is 0.400. The molecule has 5 rings (SSSR count). The van der Waals surface area contributed by atoms with E-state index >= 15 is 0 Å². The Bertz CT molecular complexity index is 1150. The summed E-state index contributed by atoms with van der Waals surface area (Å²) in [5.74, 6) is 0.894. The molecule has 4 nitrogen and oxygen atoms in total. The van der Waals surface area contributed by atoms with Crippen molar-refractivity contribution in [3.8, 4) is 11.5 Å². The van der Waals surface area contributed by atoms with Crippen molar-refractivity contribution in [3.63, 3.8) is 0 Å². The fourth-order valence-electron chi connectivity index (χ4n) is 3.26. The van der Waals surface area contributed by atoms with Crippen molar-refractivity contribution in [2.24, 2.45) is 0 Å². The Labute approximate surface area is 187 Å². The van der Waals surface area contributed by atoms with Gasteiger partial charge in [0.2, 0.25) is 0 Å². The standard InChI is InChI=1S/C17H20NO3.C9H6S/c1-12(18(2)3)21-16-10-6-14(7-11-16)17(20)13-4-8-15(19)9-5-13;1-2-4-8-6(3-1)7-5-9(7)10-8/h4-12,17,19H,1-3H3;1-4H,5H2/q-1;. The zero-order valence-electron chi connectivity index (χ0n) is 17.9. The van der Waals surface area contributed by atoms with Gasteiger partial charge in [0.05, 0.1) is 0 Å². The van der Waals surface area contributed by atoms with Crippen LogP contribution in [0.4, 0.5) is 0 Å². The number of phenolic OH excluding ortho intramolecular Hbond substituents is 1. The van der Waals surface area contributed by atoms with Crippen LogP contribution in [0, 0.1) is 0 Å². The second kappa shape index (κ2) is 9.10. The molecule has 0 saturated heterocycles. The number of hydrogen-bond donors (Lipinski definition) is 1. The normalized spacial score (nSPS) is 13.8. The molecule has 2 unspecified atom stereocenters. The van der Waals surface area contributed by atoms with Crippen LogP contribution in [0.25, 0.3) is 10.1 Å². The fraction of sp³-hybridized carbons (Fsp3) is 0.231. The number of aromatic hydroxyl groups is 1. The highest BCUT2D eigenvalue weighted by Crippen LogP contribution is 2.42. The van der Waals surface area contributed by atoms with Crippen LogP contribution in [0.15, 0.2) is 72.8 Å². The highest BCUT2D eigenvalue weighted by molar-refractivity contribution is 7.20. The lowest BCUT2D eigenvalue weighted by atomic mass is 10.0. The molecule has 0 fully saturated rings. The zero-order chi connectivity index (χ0) is 22.0. The summed E-state index contributed by atoms with van der Waals surface area (Å²) in [7, 11) is 3.88. The minimum atomic E-state index is -0.967. The highest BCUT2D eigenvalue weighted by Gasteiger charge is 2.22. The van der Waals surface area contributed by atoms with E-state index in [1.165, 1.54) is 28.6 Å². The van der Waals surface area contributed by atoms with Crippen LogP contribution in [0.2, 0.25) is 0 Å². The summed E-state index contributed by atoms with van der Waals surface area (Å²) in [5.41, 5.74) is 2.90. The van der Waals surface area contributed by atoms with E-state index in [0.717, 1.165) is 5.75 Å². The van der Waals surface area contributed by atoms with Gasteiger partial charge < -0.3 is 14.9 Å². The molecule has 1 aliphatic carbocycles. The first-order valence-corrected chi connectivity index (χ1v) is 11.1. The van der Waals surface area contributed by atoms with E-state index in [2.05, 4.69) is 24.3 Å². The van der Waals surface area contributed by atoms with Crippen LogP contribution in [-0.2, 0) is 6.42 Å². The van der Waals surface area contributed by atoms with Crippen LogP contribution < -0.4 is 9.84 Å². The van der Waals surface area contributed by atoms with Crippen molar-refractivity contribution >= 4 is 21.4 Å². The Morgan fingerprint density at radius 1 is 0.935 bits per heavy atom. The number of fused-ring (bicyclic) bond motifs is 3. The number of rotatable bonds is 5. The SMILES string of the molecule is CC(Oc1ccc(C([O-])c2ccc(O)cc2)cc1)N(C)C.c1ccc2c3c(sc2c1)C3. The van der Waals surface area contributed by atoms with E-state index in [1.807, 2.05) is 37.3 Å². The summed E-state index contributed by atoms with van der Waals surface area (Å²) < 4.78 is 7.18.